The lowest BCUT2D eigenvalue weighted by Crippen LogP contribution is -2.04. The van der Waals surface area contributed by atoms with E-state index in [9.17, 15) is 0 Å². The van der Waals surface area contributed by atoms with Gasteiger partial charge in [0.25, 0.3) is 0 Å². The summed E-state index contributed by atoms with van der Waals surface area (Å²) < 4.78 is 5.57. The van der Waals surface area contributed by atoms with Crippen LogP contribution in [0.3, 0.4) is 0 Å². The van der Waals surface area contributed by atoms with Gasteiger partial charge in [0.1, 0.15) is 5.75 Å². The van der Waals surface area contributed by atoms with Gasteiger partial charge in [0.2, 0.25) is 0 Å². The Hall–Kier alpha value is -1.94. The van der Waals surface area contributed by atoms with Crippen LogP contribution in [0.1, 0.15) is 11.1 Å². The minimum atomic E-state index is 0.372. The Balaban J connectivity index is 2.12. The summed E-state index contributed by atoms with van der Waals surface area (Å²) in [7, 11) is 1.91. The first-order chi connectivity index (χ1) is 8.28. The number of ether oxygens (including phenoxy) is 1. The molecule has 0 unspecified atom stereocenters. The van der Waals surface area contributed by atoms with Crippen molar-refractivity contribution in [3.05, 3.63) is 47.8 Å². The number of aryl methyl sites for hydroxylation is 1. The Kier molecular flexibility index (Phi) is 3.67. The lowest BCUT2D eigenvalue weighted by atomic mass is 10.2. The maximum Gasteiger partial charge on any atom is 0.321 e. The third-order valence-corrected chi connectivity index (χ3v) is 2.25. The summed E-state index contributed by atoms with van der Waals surface area (Å²) in [5.74, 6) is 0.751. The highest BCUT2D eigenvalue weighted by Crippen LogP contribution is 2.18. The van der Waals surface area contributed by atoms with E-state index in [4.69, 9.17) is 4.74 Å². The molecule has 4 heteroatoms. The van der Waals surface area contributed by atoms with Crippen LogP contribution < -0.4 is 10.1 Å². The maximum atomic E-state index is 5.57. The van der Waals surface area contributed by atoms with Crippen molar-refractivity contribution in [1.29, 1.82) is 0 Å². The molecular weight excluding hydrogens is 214 g/mol. The molecule has 88 valence electrons. The van der Waals surface area contributed by atoms with Gasteiger partial charge in [0.05, 0.1) is 0 Å². The van der Waals surface area contributed by atoms with Gasteiger partial charge in [0, 0.05) is 18.9 Å². The fourth-order valence-electron chi connectivity index (χ4n) is 1.46. The molecule has 1 aromatic carbocycles. The first kappa shape index (κ1) is 11.5. The highest BCUT2D eigenvalue weighted by molar-refractivity contribution is 5.30. The van der Waals surface area contributed by atoms with Crippen LogP contribution in [0.25, 0.3) is 0 Å². The highest BCUT2D eigenvalue weighted by atomic mass is 16.5. The summed E-state index contributed by atoms with van der Waals surface area (Å²) in [5, 5.41) is 3.10. The molecule has 0 radical (unpaired) electrons. The SMILES string of the molecule is CNCc1cccc(Oc2ncc(C)cn2)c1. The number of hydrogen-bond donors (Lipinski definition) is 1. The quantitative estimate of drug-likeness (QED) is 0.873. The predicted molar refractivity (Wildman–Crippen MR) is 66.0 cm³/mol. The van der Waals surface area contributed by atoms with Gasteiger partial charge in [-0.15, -0.1) is 0 Å². The molecule has 1 aromatic heterocycles. The Morgan fingerprint density at radius 2 is 2.00 bits per heavy atom. The van der Waals surface area contributed by atoms with Crippen molar-refractivity contribution in [3.63, 3.8) is 0 Å². The molecule has 17 heavy (non-hydrogen) atoms. The van der Waals surface area contributed by atoms with Gasteiger partial charge in [0.15, 0.2) is 0 Å². The molecule has 0 amide bonds. The van der Waals surface area contributed by atoms with Crippen LogP contribution in [0.4, 0.5) is 0 Å². The molecule has 0 atom stereocenters. The van der Waals surface area contributed by atoms with E-state index in [0.29, 0.717) is 6.01 Å². The summed E-state index contributed by atoms with van der Waals surface area (Å²) in [4.78, 5) is 8.20. The monoisotopic (exact) mass is 229 g/mol. The zero-order valence-electron chi connectivity index (χ0n) is 9.97. The smallest absolute Gasteiger partial charge is 0.321 e. The normalized spacial score (nSPS) is 10.2. The van der Waals surface area contributed by atoms with Crippen molar-refractivity contribution >= 4 is 0 Å². The number of benzene rings is 1. The van der Waals surface area contributed by atoms with Crippen molar-refractivity contribution in [2.24, 2.45) is 0 Å². The summed E-state index contributed by atoms with van der Waals surface area (Å²) >= 11 is 0. The van der Waals surface area contributed by atoms with Crippen LogP contribution in [-0.2, 0) is 6.54 Å². The molecule has 0 saturated carbocycles. The third-order valence-electron chi connectivity index (χ3n) is 2.25. The largest absolute Gasteiger partial charge is 0.424 e. The number of nitrogens with one attached hydrogen (secondary N) is 1. The van der Waals surface area contributed by atoms with E-state index in [1.54, 1.807) is 12.4 Å². The molecule has 1 heterocycles. The van der Waals surface area contributed by atoms with E-state index in [0.717, 1.165) is 23.4 Å². The van der Waals surface area contributed by atoms with Crippen molar-refractivity contribution < 1.29 is 4.74 Å². The van der Waals surface area contributed by atoms with Crippen LogP contribution in [0.15, 0.2) is 36.7 Å². The summed E-state index contributed by atoms with van der Waals surface area (Å²) in [6, 6.07) is 8.23. The molecule has 0 spiro atoms. The van der Waals surface area contributed by atoms with Crippen molar-refractivity contribution in [2.45, 2.75) is 13.5 Å². The molecule has 0 aliphatic heterocycles. The fourth-order valence-corrected chi connectivity index (χ4v) is 1.46. The highest BCUT2D eigenvalue weighted by Gasteiger charge is 2.00. The van der Waals surface area contributed by atoms with E-state index in [1.807, 2.05) is 38.2 Å². The molecule has 4 nitrogen and oxygen atoms in total. The molecule has 2 rings (SSSR count). The van der Waals surface area contributed by atoms with Crippen molar-refractivity contribution in [3.8, 4) is 11.8 Å². The number of rotatable bonds is 4. The minimum Gasteiger partial charge on any atom is -0.424 e. The van der Waals surface area contributed by atoms with Gasteiger partial charge in [-0.05, 0) is 37.2 Å². The third kappa shape index (κ3) is 3.26. The van der Waals surface area contributed by atoms with E-state index in [1.165, 1.54) is 0 Å². The van der Waals surface area contributed by atoms with Crippen molar-refractivity contribution in [2.75, 3.05) is 7.05 Å². The average molecular weight is 229 g/mol. The molecule has 0 aliphatic carbocycles. The van der Waals surface area contributed by atoms with Crippen LogP contribution in [0.5, 0.6) is 11.8 Å². The molecule has 0 saturated heterocycles. The van der Waals surface area contributed by atoms with Gasteiger partial charge in [-0.2, -0.15) is 0 Å². The fraction of sp³-hybridized carbons (Fsp3) is 0.231. The van der Waals surface area contributed by atoms with Gasteiger partial charge < -0.3 is 10.1 Å². The van der Waals surface area contributed by atoms with Gasteiger partial charge in [-0.3, -0.25) is 0 Å². The maximum absolute atomic E-state index is 5.57. The Morgan fingerprint density at radius 1 is 1.24 bits per heavy atom. The van der Waals surface area contributed by atoms with E-state index in [-0.39, 0.29) is 0 Å². The number of aromatic nitrogens is 2. The second-order valence-electron chi connectivity index (χ2n) is 3.82. The molecule has 0 fully saturated rings. The van der Waals surface area contributed by atoms with E-state index < -0.39 is 0 Å². The molecule has 1 N–H and O–H groups in total. The van der Waals surface area contributed by atoms with Crippen molar-refractivity contribution in [1.82, 2.24) is 15.3 Å². The summed E-state index contributed by atoms with van der Waals surface area (Å²) in [6.45, 7) is 2.75. The number of nitrogens with zero attached hydrogens (tertiary/aromatic N) is 2. The van der Waals surface area contributed by atoms with E-state index >= 15 is 0 Å². The second-order valence-corrected chi connectivity index (χ2v) is 3.82. The topological polar surface area (TPSA) is 47.0 Å². The lowest BCUT2D eigenvalue weighted by molar-refractivity contribution is 0.440. The Bertz CT molecular complexity index is 482. The number of hydrogen-bond acceptors (Lipinski definition) is 4. The molecule has 0 aliphatic rings. The Morgan fingerprint density at radius 3 is 2.71 bits per heavy atom. The molecular formula is C13H15N3O. The zero-order chi connectivity index (χ0) is 12.1. The molecule has 2 aromatic rings. The standard InChI is InChI=1S/C13H15N3O/c1-10-7-15-13(16-8-10)17-12-5-3-4-11(6-12)9-14-2/h3-8,14H,9H2,1-2H3. The van der Waals surface area contributed by atoms with E-state index in [2.05, 4.69) is 15.3 Å². The molecule has 0 bridgehead atoms. The lowest BCUT2D eigenvalue weighted by Gasteiger charge is -2.05. The first-order valence-corrected chi connectivity index (χ1v) is 5.48. The first-order valence-electron chi connectivity index (χ1n) is 5.48. The summed E-state index contributed by atoms with van der Waals surface area (Å²) in [6.07, 6.45) is 3.47. The summed E-state index contributed by atoms with van der Waals surface area (Å²) in [5.41, 5.74) is 2.18. The minimum absolute atomic E-state index is 0.372. The van der Waals surface area contributed by atoms with Crippen LogP contribution in [-0.4, -0.2) is 17.0 Å². The van der Waals surface area contributed by atoms with Crippen LogP contribution in [0, 0.1) is 6.92 Å². The average Bonchev–Trinajstić information content (AvgIpc) is 2.33. The second kappa shape index (κ2) is 5.41. The zero-order valence-corrected chi connectivity index (χ0v) is 9.97. The van der Waals surface area contributed by atoms with Gasteiger partial charge >= 0.3 is 6.01 Å². The van der Waals surface area contributed by atoms with Gasteiger partial charge in [-0.25, -0.2) is 9.97 Å². The Labute approximate surface area is 101 Å². The van der Waals surface area contributed by atoms with Crippen LogP contribution in [0.2, 0.25) is 0 Å². The van der Waals surface area contributed by atoms with Crippen LogP contribution >= 0.6 is 0 Å². The van der Waals surface area contributed by atoms with Gasteiger partial charge in [-0.1, -0.05) is 12.1 Å². The predicted octanol–water partition coefficient (Wildman–Crippen LogP) is 2.30.